The van der Waals surface area contributed by atoms with Crippen molar-refractivity contribution in [2.24, 2.45) is 0 Å². The monoisotopic (exact) mass is 361 g/mol. The predicted octanol–water partition coefficient (Wildman–Crippen LogP) is 3.84. The van der Waals surface area contributed by atoms with Gasteiger partial charge in [-0.25, -0.2) is 4.98 Å². The SMILES string of the molecule is Cc1cc(Br)cnc1N(C)CC(=O)Nc1c(C)cccc1C. The number of nitrogens with one attached hydrogen (secondary N) is 1. The number of likely N-dealkylation sites (N-methyl/N-ethyl adjacent to an activating group) is 1. The zero-order valence-corrected chi connectivity index (χ0v) is 14.9. The Balaban J connectivity index is 2.08. The number of amides is 1. The highest BCUT2D eigenvalue weighted by Gasteiger charge is 2.13. The van der Waals surface area contributed by atoms with Crippen LogP contribution in [0.3, 0.4) is 0 Å². The fourth-order valence-corrected chi connectivity index (χ4v) is 2.86. The number of halogens is 1. The first-order valence-electron chi connectivity index (χ1n) is 7.08. The number of hydrogen-bond acceptors (Lipinski definition) is 3. The van der Waals surface area contributed by atoms with Gasteiger partial charge in [-0.1, -0.05) is 18.2 Å². The van der Waals surface area contributed by atoms with E-state index in [0.29, 0.717) is 0 Å². The molecule has 5 heteroatoms. The minimum atomic E-state index is -0.0518. The molecule has 22 heavy (non-hydrogen) atoms. The maximum absolute atomic E-state index is 12.3. The van der Waals surface area contributed by atoms with Gasteiger partial charge in [-0.05, 0) is 59.5 Å². The smallest absolute Gasteiger partial charge is 0.243 e. The molecule has 0 saturated heterocycles. The van der Waals surface area contributed by atoms with Crippen molar-refractivity contribution in [3.63, 3.8) is 0 Å². The van der Waals surface area contributed by atoms with Crippen LogP contribution >= 0.6 is 15.9 Å². The molecule has 2 rings (SSSR count). The van der Waals surface area contributed by atoms with E-state index in [2.05, 4.69) is 26.2 Å². The second-order valence-electron chi connectivity index (χ2n) is 5.47. The van der Waals surface area contributed by atoms with E-state index >= 15 is 0 Å². The minimum absolute atomic E-state index is 0.0518. The summed E-state index contributed by atoms with van der Waals surface area (Å²) in [6, 6.07) is 7.96. The first kappa shape index (κ1) is 16.5. The Morgan fingerprint density at radius 1 is 1.23 bits per heavy atom. The molecule has 0 atom stereocenters. The summed E-state index contributed by atoms with van der Waals surface area (Å²) in [7, 11) is 1.87. The number of nitrogens with zero attached hydrogens (tertiary/aromatic N) is 2. The number of benzene rings is 1. The van der Waals surface area contributed by atoms with E-state index in [9.17, 15) is 4.79 Å². The van der Waals surface area contributed by atoms with Gasteiger partial charge in [0.05, 0.1) is 6.54 Å². The zero-order valence-electron chi connectivity index (χ0n) is 13.3. The van der Waals surface area contributed by atoms with E-state index in [4.69, 9.17) is 0 Å². The summed E-state index contributed by atoms with van der Waals surface area (Å²) < 4.78 is 0.933. The highest BCUT2D eigenvalue weighted by Crippen LogP contribution is 2.21. The molecule has 0 fully saturated rings. The average Bonchev–Trinajstić information content (AvgIpc) is 2.42. The van der Waals surface area contributed by atoms with Gasteiger partial charge < -0.3 is 10.2 Å². The van der Waals surface area contributed by atoms with Gasteiger partial charge in [0.25, 0.3) is 0 Å². The number of carbonyl (C=O) groups is 1. The minimum Gasteiger partial charge on any atom is -0.350 e. The van der Waals surface area contributed by atoms with Gasteiger partial charge in [0.15, 0.2) is 0 Å². The summed E-state index contributed by atoms with van der Waals surface area (Å²) >= 11 is 3.40. The molecule has 1 aromatic heterocycles. The Bertz CT molecular complexity index is 680. The van der Waals surface area contributed by atoms with Crippen molar-refractivity contribution in [3.8, 4) is 0 Å². The van der Waals surface area contributed by atoms with Crippen LogP contribution in [-0.2, 0) is 4.79 Å². The van der Waals surface area contributed by atoms with Crippen LogP contribution in [0, 0.1) is 20.8 Å². The summed E-state index contributed by atoms with van der Waals surface area (Å²) in [6.45, 7) is 6.22. The fourth-order valence-electron chi connectivity index (χ4n) is 2.41. The van der Waals surface area contributed by atoms with Crippen molar-refractivity contribution in [2.75, 3.05) is 23.8 Å². The summed E-state index contributed by atoms with van der Waals surface area (Å²) in [5.41, 5.74) is 4.04. The largest absolute Gasteiger partial charge is 0.350 e. The van der Waals surface area contributed by atoms with Gasteiger partial charge in [0, 0.05) is 23.4 Å². The number of rotatable bonds is 4. The third-order valence-electron chi connectivity index (χ3n) is 3.51. The van der Waals surface area contributed by atoms with Crippen LogP contribution in [0.2, 0.25) is 0 Å². The fraction of sp³-hybridized carbons (Fsp3) is 0.294. The van der Waals surface area contributed by atoms with Crippen molar-refractivity contribution in [1.29, 1.82) is 0 Å². The third-order valence-corrected chi connectivity index (χ3v) is 3.94. The molecule has 2 aromatic rings. The molecule has 1 heterocycles. The first-order valence-corrected chi connectivity index (χ1v) is 7.87. The van der Waals surface area contributed by atoms with Gasteiger partial charge in [0.2, 0.25) is 5.91 Å². The van der Waals surface area contributed by atoms with Crippen LogP contribution in [0.15, 0.2) is 34.9 Å². The van der Waals surface area contributed by atoms with E-state index in [1.54, 1.807) is 6.20 Å². The number of anilines is 2. The Hall–Kier alpha value is -1.88. The maximum Gasteiger partial charge on any atom is 0.243 e. The van der Waals surface area contributed by atoms with Gasteiger partial charge in [-0.2, -0.15) is 0 Å². The molecule has 0 unspecified atom stereocenters. The topological polar surface area (TPSA) is 45.2 Å². The van der Waals surface area contributed by atoms with E-state index in [1.165, 1.54) is 0 Å². The van der Waals surface area contributed by atoms with Crippen molar-refractivity contribution >= 4 is 33.3 Å². The second kappa shape index (κ2) is 6.92. The van der Waals surface area contributed by atoms with Crippen molar-refractivity contribution in [1.82, 2.24) is 4.98 Å². The molecular formula is C17H20BrN3O. The molecule has 4 nitrogen and oxygen atoms in total. The van der Waals surface area contributed by atoms with Gasteiger partial charge in [0.1, 0.15) is 5.82 Å². The number of carbonyl (C=O) groups excluding carboxylic acids is 1. The molecule has 116 valence electrons. The summed E-state index contributed by atoms with van der Waals surface area (Å²) in [5.74, 6) is 0.754. The van der Waals surface area contributed by atoms with Gasteiger partial charge in [-0.3, -0.25) is 4.79 Å². The third kappa shape index (κ3) is 3.85. The molecule has 0 aliphatic carbocycles. The van der Waals surface area contributed by atoms with Crippen molar-refractivity contribution in [2.45, 2.75) is 20.8 Å². The number of aromatic nitrogens is 1. The summed E-state index contributed by atoms with van der Waals surface area (Å²) in [4.78, 5) is 18.5. The van der Waals surface area contributed by atoms with E-state index in [0.717, 1.165) is 32.7 Å². The van der Waals surface area contributed by atoms with Crippen molar-refractivity contribution < 1.29 is 4.79 Å². The van der Waals surface area contributed by atoms with E-state index in [-0.39, 0.29) is 12.5 Å². The van der Waals surface area contributed by atoms with Crippen molar-refractivity contribution in [3.05, 3.63) is 51.6 Å². The lowest BCUT2D eigenvalue weighted by Gasteiger charge is -2.20. The normalized spacial score (nSPS) is 10.4. The number of pyridine rings is 1. The molecule has 0 aliphatic heterocycles. The standard InChI is InChI=1S/C17H20BrN3O/c1-11-6-5-7-12(2)16(11)20-15(22)10-21(4)17-13(3)8-14(18)9-19-17/h5-9H,10H2,1-4H3,(H,20,22). The lowest BCUT2D eigenvalue weighted by atomic mass is 10.1. The summed E-state index contributed by atoms with van der Waals surface area (Å²) in [6.07, 6.45) is 1.74. The van der Waals surface area contributed by atoms with Crippen LogP contribution in [0.25, 0.3) is 0 Å². The number of para-hydroxylation sites is 1. The second-order valence-corrected chi connectivity index (χ2v) is 6.38. The highest BCUT2D eigenvalue weighted by atomic mass is 79.9. The van der Waals surface area contributed by atoms with Crippen LogP contribution in [-0.4, -0.2) is 24.5 Å². The predicted molar refractivity (Wildman–Crippen MR) is 94.5 cm³/mol. The van der Waals surface area contributed by atoms with Crippen LogP contribution in [0.5, 0.6) is 0 Å². The number of hydrogen-bond donors (Lipinski definition) is 1. The molecule has 0 aliphatic rings. The lowest BCUT2D eigenvalue weighted by Crippen LogP contribution is -2.31. The molecule has 1 aromatic carbocycles. The Labute approximate surface area is 139 Å². The molecule has 1 amide bonds. The van der Waals surface area contributed by atoms with Gasteiger partial charge >= 0.3 is 0 Å². The van der Waals surface area contributed by atoms with Gasteiger partial charge in [-0.15, -0.1) is 0 Å². The molecule has 1 N–H and O–H groups in total. The number of aryl methyl sites for hydroxylation is 3. The maximum atomic E-state index is 12.3. The molecule has 0 radical (unpaired) electrons. The van der Waals surface area contributed by atoms with E-state index in [1.807, 2.05) is 57.0 Å². The van der Waals surface area contributed by atoms with Crippen LogP contribution in [0.1, 0.15) is 16.7 Å². The Morgan fingerprint density at radius 2 is 1.86 bits per heavy atom. The lowest BCUT2D eigenvalue weighted by molar-refractivity contribution is -0.114. The van der Waals surface area contributed by atoms with E-state index < -0.39 is 0 Å². The van der Waals surface area contributed by atoms with Crippen LogP contribution in [0.4, 0.5) is 11.5 Å². The molecule has 0 bridgehead atoms. The Kier molecular flexibility index (Phi) is 5.19. The zero-order chi connectivity index (χ0) is 16.3. The van der Waals surface area contributed by atoms with Crippen LogP contribution < -0.4 is 10.2 Å². The first-order chi connectivity index (χ1) is 10.4. The summed E-state index contributed by atoms with van der Waals surface area (Å²) in [5, 5.41) is 2.99. The average molecular weight is 362 g/mol. The Morgan fingerprint density at radius 3 is 2.45 bits per heavy atom. The molecule has 0 spiro atoms. The quantitative estimate of drug-likeness (QED) is 0.899. The molecular weight excluding hydrogens is 342 g/mol. The molecule has 0 saturated carbocycles. The highest BCUT2D eigenvalue weighted by molar-refractivity contribution is 9.10.